The molecule has 2 fully saturated rings. The molecular weight excluding hydrogens is 390 g/mol. The molecular formula is C24H33N5O2. The summed E-state index contributed by atoms with van der Waals surface area (Å²) in [4.78, 5) is 24.4. The van der Waals surface area contributed by atoms with Gasteiger partial charge in [-0.1, -0.05) is 42.0 Å². The van der Waals surface area contributed by atoms with Crippen molar-refractivity contribution in [2.24, 2.45) is 0 Å². The van der Waals surface area contributed by atoms with Gasteiger partial charge in [0.25, 0.3) is 5.56 Å². The number of morpholine rings is 1. The molecule has 0 saturated carbocycles. The van der Waals surface area contributed by atoms with Gasteiger partial charge in [0, 0.05) is 71.3 Å². The van der Waals surface area contributed by atoms with E-state index in [0.29, 0.717) is 12.4 Å². The highest BCUT2D eigenvalue weighted by atomic mass is 16.5. The lowest BCUT2D eigenvalue weighted by Gasteiger charge is -2.35. The van der Waals surface area contributed by atoms with Gasteiger partial charge in [0.05, 0.1) is 13.2 Å². The van der Waals surface area contributed by atoms with Gasteiger partial charge in [0.1, 0.15) is 0 Å². The lowest BCUT2D eigenvalue weighted by Crippen LogP contribution is -2.49. The molecule has 7 heteroatoms. The zero-order valence-corrected chi connectivity index (χ0v) is 18.4. The van der Waals surface area contributed by atoms with Crippen LogP contribution < -0.4 is 10.5 Å². The Morgan fingerprint density at radius 3 is 2.48 bits per heavy atom. The van der Waals surface area contributed by atoms with Gasteiger partial charge in [0.2, 0.25) is 0 Å². The van der Waals surface area contributed by atoms with Crippen LogP contribution in [0.15, 0.2) is 53.1 Å². The van der Waals surface area contributed by atoms with Crippen LogP contribution in [0.5, 0.6) is 0 Å². The van der Waals surface area contributed by atoms with Crippen molar-refractivity contribution in [3.63, 3.8) is 0 Å². The Labute approximate surface area is 184 Å². The van der Waals surface area contributed by atoms with Crippen molar-refractivity contribution in [3.05, 3.63) is 64.2 Å². The van der Waals surface area contributed by atoms with E-state index in [4.69, 9.17) is 4.74 Å². The van der Waals surface area contributed by atoms with Crippen LogP contribution in [0.3, 0.4) is 0 Å². The number of benzene rings is 1. The SMILES string of the molecule is C/C(=C\c1ccccc1)CN1CCN(c2nccn(CCN3CCOCC3)c2=O)CC1. The van der Waals surface area contributed by atoms with Crippen LogP contribution in [-0.4, -0.2) is 84.9 Å². The van der Waals surface area contributed by atoms with Crippen molar-refractivity contribution < 1.29 is 4.74 Å². The second kappa shape index (κ2) is 10.7. The monoisotopic (exact) mass is 423 g/mol. The van der Waals surface area contributed by atoms with Gasteiger partial charge in [-0.25, -0.2) is 4.98 Å². The Bertz CT molecular complexity index is 913. The molecule has 3 heterocycles. The topological polar surface area (TPSA) is 53.8 Å². The number of rotatable bonds is 7. The van der Waals surface area contributed by atoms with Crippen LogP contribution in [0, 0.1) is 0 Å². The van der Waals surface area contributed by atoms with E-state index in [-0.39, 0.29) is 5.56 Å². The second-order valence-corrected chi connectivity index (χ2v) is 8.37. The maximum Gasteiger partial charge on any atom is 0.293 e. The highest BCUT2D eigenvalue weighted by molar-refractivity contribution is 5.52. The number of anilines is 1. The molecule has 2 aliphatic rings. The number of nitrogens with zero attached hydrogens (tertiary/aromatic N) is 5. The molecule has 31 heavy (non-hydrogen) atoms. The van der Waals surface area contributed by atoms with Crippen LogP contribution in [0.1, 0.15) is 12.5 Å². The predicted octanol–water partition coefficient (Wildman–Crippen LogP) is 1.80. The third-order valence-corrected chi connectivity index (χ3v) is 6.01. The van der Waals surface area contributed by atoms with Crippen molar-refractivity contribution in [2.75, 3.05) is 70.5 Å². The minimum absolute atomic E-state index is 0.0179. The van der Waals surface area contributed by atoms with E-state index in [2.05, 4.69) is 56.9 Å². The van der Waals surface area contributed by atoms with Gasteiger partial charge < -0.3 is 14.2 Å². The smallest absolute Gasteiger partial charge is 0.293 e. The lowest BCUT2D eigenvalue weighted by molar-refractivity contribution is 0.0363. The number of aromatic nitrogens is 2. The predicted molar refractivity (Wildman–Crippen MR) is 125 cm³/mol. The molecule has 0 radical (unpaired) electrons. The Morgan fingerprint density at radius 1 is 1.00 bits per heavy atom. The molecule has 2 saturated heterocycles. The molecule has 0 atom stereocenters. The van der Waals surface area contributed by atoms with Crippen LogP contribution in [0.4, 0.5) is 5.82 Å². The van der Waals surface area contributed by atoms with Crippen LogP contribution >= 0.6 is 0 Å². The van der Waals surface area contributed by atoms with Gasteiger partial charge in [0.15, 0.2) is 5.82 Å². The average Bonchev–Trinajstić information content (AvgIpc) is 2.80. The Hall–Kier alpha value is -2.48. The van der Waals surface area contributed by atoms with E-state index in [1.165, 1.54) is 11.1 Å². The summed E-state index contributed by atoms with van der Waals surface area (Å²) in [6, 6.07) is 10.4. The first-order valence-electron chi connectivity index (χ1n) is 11.2. The van der Waals surface area contributed by atoms with E-state index >= 15 is 0 Å². The van der Waals surface area contributed by atoms with Gasteiger partial charge >= 0.3 is 0 Å². The fraction of sp³-hybridized carbons (Fsp3) is 0.500. The first kappa shape index (κ1) is 21.7. The molecule has 7 nitrogen and oxygen atoms in total. The van der Waals surface area contributed by atoms with Crippen molar-refractivity contribution in [3.8, 4) is 0 Å². The van der Waals surface area contributed by atoms with Crippen LogP contribution in [0.25, 0.3) is 6.08 Å². The molecule has 0 bridgehead atoms. The number of piperazine rings is 1. The first-order chi connectivity index (χ1) is 15.2. The fourth-order valence-corrected chi connectivity index (χ4v) is 4.25. The summed E-state index contributed by atoms with van der Waals surface area (Å²) < 4.78 is 7.20. The van der Waals surface area contributed by atoms with E-state index in [1.807, 2.05) is 6.07 Å². The summed E-state index contributed by atoms with van der Waals surface area (Å²) in [6.45, 7) is 11.7. The molecule has 0 unspecified atom stereocenters. The Morgan fingerprint density at radius 2 is 1.74 bits per heavy atom. The van der Waals surface area contributed by atoms with Crippen molar-refractivity contribution in [1.82, 2.24) is 19.4 Å². The van der Waals surface area contributed by atoms with Crippen molar-refractivity contribution >= 4 is 11.9 Å². The van der Waals surface area contributed by atoms with Gasteiger partial charge in [-0.3, -0.25) is 14.6 Å². The summed E-state index contributed by atoms with van der Waals surface area (Å²) in [6.07, 6.45) is 5.81. The molecule has 1 aromatic heterocycles. The lowest BCUT2D eigenvalue weighted by atomic mass is 10.1. The third-order valence-electron chi connectivity index (χ3n) is 6.01. The normalized spacial score (nSPS) is 19.0. The Kier molecular flexibility index (Phi) is 7.51. The highest BCUT2D eigenvalue weighted by Crippen LogP contribution is 2.12. The van der Waals surface area contributed by atoms with Gasteiger partial charge in [-0.05, 0) is 12.5 Å². The Balaban J connectivity index is 1.31. The maximum atomic E-state index is 13.0. The third kappa shape index (κ3) is 6.03. The number of hydrogen-bond donors (Lipinski definition) is 0. The zero-order chi connectivity index (χ0) is 21.5. The largest absolute Gasteiger partial charge is 0.379 e. The molecule has 0 amide bonds. The van der Waals surface area contributed by atoms with E-state index in [1.54, 1.807) is 17.0 Å². The van der Waals surface area contributed by atoms with E-state index < -0.39 is 0 Å². The van der Waals surface area contributed by atoms with Gasteiger partial charge in [-0.15, -0.1) is 0 Å². The maximum absolute atomic E-state index is 13.0. The quantitative estimate of drug-likeness (QED) is 0.677. The summed E-state index contributed by atoms with van der Waals surface area (Å²) in [5, 5.41) is 0. The molecule has 0 aliphatic carbocycles. The van der Waals surface area contributed by atoms with Gasteiger partial charge in [-0.2, -0.15) is 0 Å². The standard InChI is InChI=1S/C24H33N5O2/c1-21(19-22-5-3-2-4-6-22)20-27-10-12-28(13-11-27)23-24(30)29(8-7-25-23)14-9-26-15-17-31-18-16-26/h2-8,19H,9-18,20H2,1H3/b21-19+. The average molecular weight is 424 g/mol. The summed E-state index contributed by atoms with van der Waals surface area (Å²) in [7, 11) is 0. The van der Waals surface area contributed by atoms with Crippen molar-refractivity contribution in [1.29, 1.82) is 0 Å². The van der Waals surface area contributed by atoms with E-state index in [0.717, 1.165) is 65.6 Å². The molecule has 166 valence electrons. The molecule has 1 aromatic carbocycles. The number of hydrogen-bond acceptors (Lipinski definition) is 6. The summed E-state index contributed by atoms with van der Waals surface area (Å²) >= 11 is 0. The fourth-order valence-electron chi connectivity index (χ4n) is 4.25. The second-order valence-electron chi connectivity index (χ2n) is 8.37. The molecule has 0 spiro atoms. The van der Waals surface area contributed by atoms with Crippen LogP contribution in [0.2, 0.25) is 0 Å². The minimum atomic E-state index is 0.0179. The zero-order valence-electron chi connectivity index (χ0n) is 18.4. The first-order valence-corrected chi connectivity index (χ1v) is 11.2. The molecule has 0 N–H and O–H groups in total. The molecule has 4 rings (SSSR count). The number of ether oxygens (including phenoxy) is 1. The summed E-state index contributed by atoms with van der Waals surface area (Å²) in [5.74, 6) is 0.584. The molecule has 2 aliphatic heterocycles. The molecule has 2 aromatic rings. The van der Waals surface area contributed by atoms with E-state index in [9.17, 15) is 4.79 Å². The summed E-state index contributed by atoms with van der Waals surface area (Å²) in [5.41, 5.74) is 2.61. The minimum Gasteiger partial charge on any atom is -0.379 e. The van der Waals surface area contributed by atoms with Crippen molar-refractivity contribution in [2.45, 2.75) is 13.5 Å². The van der Waals surface area contributed by atoms with Crippen LogP contribution in [-0.2, 0) is 11.3 Å². The highest BCUT2D eigenvalue weighted by Gasteiger charge is 2.21.